The zero-order valence-electron chi connectivity index (χ0n) is 10.6. The largest absolute Gasteiger partial charge is 0.497 e. The molecular formula is C15H11F3O2. The second-order valence-electron chi connectivity index (χ2n) is 4.10. The molecule has 20 heavy (non-hydrogen) atoms. The third kappa shape index (κ3) is 2.82. The van der Waals surface area contributed by atoms with Crippen LogP contribution in [-0.4, -0.2) is 12.9 Å². The maximum absolute atomic E-state index is 12.9. The lowest BCUT2D eigenvalue weighted by molar-refractivity contribution is -0.137. The van der Waals surface area contributed by atoms with E-state index in [0.29, 0.717) is 5.75 Å². The van der Waals surface area contributed by atoms with Crippen molar-refractivity contribution in [3.63, 3.8) is 0 Å². The maximum atomic E-state index is 12.9. The molecule has 2 aromatic rings. The van der Waals surface area contributed by atoms with Gasteiger partial charge in [0.2, 0.25) is 0 Å². The number of carbonyl (C=O) groups is 1. The lowest BCUT2D eigenvalue weighted by Gasteiger charge is -2.11. The summed E-state index contributed by atoms with van der Waals surface area (Å²) < 4.78 is 43.6. The SMILES string of the molecule is COc1ccc(C(=O)c2ccccc2C(F)(F)F)cc1. The lowest BCUT2D eigenvalue weighted by Crippen LogP contribution is -2.13. The number of hydrogen-bond donors (Lipinski definition) is 0. The highest BCUT2D eigenvalue weighted by Crippen LogP contribution is 2.32. The normalized spacial score (nSPS) is 11.2. The first-order valence-corrected chi connectivity index (χ1v) is 5.78. The van der Waals surface area contributed by atoms with E-state index >= 15 is 0 Å². The number of alkyl halides is 3. The van der Waals surface area contributed by atoms with Crippen LogP contribution in [0, 0.1) is 0 Å². The van der Waals surface area contributed by atoms with Gasteiger partial charge in [0, 0.05) is 11.1 Å². The summed E-state index contributed by atoms with van der Waals surface area (Å²) in [7, 11) is 1.47. The molecule has 0 heterocycles. The van der Waals surface area contributed by atoms with E-state index in [1.165, 1.54) is 49.6 Å². The van der Waals surface area contributed by atoms with Crippen LogP contribution in [0.25, 0.3) is 0 Å². The minimum absolute atomic E-state index is 0.183. The molecule has 2 aromatic carbocycles. The molecule has 0 aliphatic carbocycles. The van der Waals surface area contributed by atoms with Crippen molar-refractivity contribution in [2.75, 3.05) is 7.11 Å². The quantitative estimate of drug-likeness (QED) is 0.796. The predicted molar refractivity (Wildman–Crippen MR) is 67.9 cm³/mol. The second-order valence-corrected chi connectivity index (χ2v) is 4.10. The van der Waals surface area contributed by atoms with Crippen molar-refractivity contribution in [2.45, 2.75) is 6.18 Å². The van der Waals surface area contributed by atoms with E-state index in [4.69, 9.17) is 4.74 Å². The first-order valence-electron chi connectivity index (χ1n) is 5.78. The first-order chi connectivity index (χ1) is 9.43. The van der Waals surface area contributed by atoms with Crippen molar-refractivity contribution in [1.82, 2.24) is 0 Å². The van der Waals surface area contributed by atoms with Gasteiger partial charge in [0.15, 0.2) is 5.78 Å². The summed E-state index contributed by atoms with van der Waals surface area (Å²) in [6.45, 7) is 0. The summed E-state index contributed by atoms with van der Waals surface area (Å²) in [6.07, 6.45) is -4.56. The van der Waals surface area contributed by atoms with E-state index < -0.39 is 17.5 Å². The molecule has 0 aliphatic heterocycles. The fraction of sp³-hybridized carbons (Fsp3) is 0.133. The lowest BCUT2D eigenvalue weighted by atomic mass is 9.98. The van der Waals surface area contributed by atoms with Gasteiger partial charge in [-0.2, -0.15) is 13.2 Å². The van der Waals surface area contributed by atoms with Gasteiger partial charge in [-0.15, -0.1) is 0 Å². The Balaban J connectivity index is 2.43. The Bertz CT molecular complexity index is 616. The average molecular weight is 280 g/mol. The summed E-state index contributed by atoms with van der Waals surface area (Å²) in [5, 5.41) is 0. The van der Waals surface area contributed by atoms with E-state index in [0.717, 1.165) is 6.07 Å². The van der Waals surface area contributed by atoms with E-state index in [1.54, 1.807) is 0 Å². The molecular weight excluding hydrogens is 269 g/mol. The minimum Gasteiger partial charge on any atom is -0.497 e. The molecule has 5 heteroatoms. The molecule has 0 fully saturated rings. The highest BCUT2D eigenvalue weighted by Gasteiger charge is 2.34. The van der Waals surface area contributed by atoms with Crippen LogP contribution in [0.5, 0.6) is 5.75 Å². The molecule has 0 radical (unpaired) electrons. The van der Waals surface area contributed by atoms with Crippen LogP contribution in [-0.2, 0) is 6.18 Å². The number of carbonyl (C=O) groups excluding carboxylic acids is 1. The van der Waals surface area contributed by atoms with Crippen LogP contribution in [0.4, 0.5) is 13.2 Å². The van der Waals surface area contributed by atoms with Crippen LogP contribution in [0.1, 0.15) is 21.5 Å². The number of hydrogen-bond acceptors (Lipinski definition) is 2. The van der Waals surface area contributed by atoms with E-state index in [-0.39, 0.29) is 11.1 Å². The zero-order chi connectivity index (χ0) is 14.8. The van der Waals surface area contributed by atoms with Crippen molar-refractivity contribution >= 4 is 5.78 Å². The molecule has 0 aliphatic rings. The summed E-state index contributed by atoms with van der Waals surface area (Å²) in [5.74, 6) is -0.133. The second kappa shape index (κ2) is 5.36. The minimum atomic E-state index is -4.56. The summed E-state index contributed by atoms with van der Waals surface area (Å²) in [5.41, 5.74) is -1.10. The van der Waals surface area contributed by atoms with Gasteiger partial charge in [-0.05, 0) is 30.3 Å². The highest BCUT2D eigenvalue weighted by molar-refractivity contribution is 6.10. The van der Waals surface area contributed by atoms with Gasteiger partial charge in [-0.25, -0.2) is 0 Å². The molecule has 0 saturated carbocycles. The molecule has 0 spiro atoms. The molecule has 2 rings (SSSR count). The Morgan fingerprint density at radius 1 is 1.00 bits per heavy atom. The van der Waals surface area contributed by atoms with E-state index in [1.807, 2.05) is 0 Å². The van der Waals surface area contributed by atoms with Crippen molar-refractivity contribution in [1.29, 1.82) is 0 Å². The van der Waals surface area contributed by atoms with Gasteiger partial charge < -0.3 is 4.74 Å². The van der Waals surface area contributed by atoms with Gasteiger partial charge in [-0.3, -0.25) is 4.79 Å². The average Bonchev–Trinajstić information content (AvgIpc) is 2.46. The molecule has 0 N–H and O–H groups in total. The smallest absolute Gasteiger partial charge is 0.417 e. The van der Waals surface area contributed by atoms with Gasteiger partial charge in [-0.1, -0.05) is 18.2 Å². The van der Waals surface area contributed by atoms with Crippen molar-refractivity contribution in [2.24, 2.45) is 0 Å². The zero-order valence-corrected chi connectivity index (χ0v) is 10.6. The van der Waals surface area contributed by atoms with Crippen LogP contribution in [0.3, 0.4) is 0 Å². The Kier molecular flexibility index (Phi) is 3.79. The Morgan fingerprint density at radius 2 is 1.60 bits per heavy atom. The number of ketones is 1. The highest BCUT2D eigenvalue weighted by atomic mass is 19.4. The summed E-state index contributed by atoms with van der Waals surface area (Å²) in [4.78, 5) is 12.2. The van der Waals surface area contributed by atoms with Crippen LogP contribution < -0.4 is 4.74 Å². The molecule has 104 valence electrons. The van der Waals surface area contributed by atoms with Crippen molar-refractivity contribution < 1.29 is 22.7 Å². The van der Waals surface area contributed by atoms with E-state index in [2.05, 4.69) is 0 Å². The Labute approximate surface area is 113 Å². The summed E-state index contributed by atoms with van der Waals surface area (Å²) >= 11 is 0. The van der Waals surface area contributed by atoms with Crippen molar-refractivity contribution in [3.05, 3.63) is 65.2 Å². The van der Waals surface area contributed by atoms with Crippen molar-refractivity contribution in [3.8, 4) is 5.75 Å². The van der Waals surface area contributed by atoms with Gasteiger partial charge in [0.1, 0.15) is 5.75 Å². The number of rotatable bonds is 3. The standard InChI is InChI=1S/C15H11F3O2/c1-20-11-8-6-10(7-9-11)14(19)12-4-2-3-5-13(12)15(16,17)18/h2-9H,1H3. The number of halogens is 3. The number of methoxy groups -OCH3 is 1. The monoisotopic (exact) mass is 280 g/mol. The van der Waals surface area contributed by atoms with Gasteiger partial charge in [0.25, 0.3) is 0 Å². The van der Waals surface area contributed by atoms with E-state index in [9.17, 15) is 18.0 Å². The molecule has 0 amide bonds. The number of benzene rings is 2. The van der Waals surface area contributed by atoms with Crippen LogP contribution >= 0.6 is 0 Å². The first kappa shape index (κ1) is 14.1. The number of ether oxygens (including phenoxy) is 1. The molecule has 0 aromatic heterocycles. The predicted octanol–water partition coefficient (Wildman–Crippen LogP) is 3.95. The van der Waals surface area contributed by atoms with Gasteiger partial charge in [0.05, 0.1) is 12.7 Å². The van der Waals surface area contributed by atoms with Gasteiger partial charge >= 0.3 is 6.18 Å². The maximum Gasteiger partial charge on any atom is 0.417 e. The Hall–Kier alpha value is -2.30. The topological polar surface area (TPSA) is 26.3 Å². The molecule has 2 nitrogen and oxygen atoms in total. The third-order valence-electron chi connectivity index (χ3n) is 2.83. The summed E-state index contributed by atoms with van der Waals surface area (Å²) in [6, 6.07) is 10.7. The molecule has 0 saturated heterocycles. The van der Waals surface area contributed by atoms with Crippen LogP contribution in [0.2, 0.25) is 0 Å². The Morgan fingerprint density at radius 3 is 2.15 bits per heavy atom. The molecule has 0 bridgehead atoms. The fourth-order valence-corrected chi connectivity index (χ4v) is 1.83. The molecule has 0 unspecified atom stereocenters. The molecule has 0 atom stereocenters. The third-order valence-corrected chi connectivity index (χ3v) is 2.83. The van der Waals surface area contributed by atoms with Crippen LogP contribution in [0.15, 0.2) is 48.5 Å². The fourth-order valence-electron chi connectivity index (χ4n) is 1.83.